The SMILES string of the molecule is CCc1c(C2(CN)CCCCC2)cc(Cl)c(OC)c1OC. The molecular formula is C17H26ClNO2. The number of hydrogen-bond acceptors (Lipinski definition) is 3. The number of rotatable bonds is 5. The highest BCUT2D eigenvalue weighted by Gasteiger charge is 2.36. The molecule has 0 amide bonds. The van der Waals surface area contributed by atoms with E-state index in [-0.39, 0.29) is 5.41 Å². The van der Waals surface area contributed by atoms with Gasteiger partial charge in [-0.05, 0) is 30.9 Å². The molecule has 0 radical (unpaired) electrons. The van der Waals surface area contributed by atoms with Crippen LogP contribution in [0.4, 0.5) is 0 Å². The fraction of sp³-hybridized carbons (Fsp3) is 0.647. The largest absolute Gasteiger partial charge is 0.493 e. The van der Waals surface area contributed by atoms with Gasteiger partial charge in [0.15, 0.2) is 11.5 Å². The number of nitrogens with two attached hydrogens (primary N) is 1. The first kappa shape index (κ1) is 16.4. The summed E-state index contributed by atoms with van der Waals surface area (Å²) in [5.41, 5.74) is 8.67. The maximum atomic E-state index is 6.43. The molecule has 118 valence electrons. The number of benzene rings is 1. The van der Waals surface area contributed by atoms with Crippen molar-refractivity contribution < 1.29 is 9.47 Å². The molecule has 0 bridgehead atoms. The summed E-state index contributed by atoms with van der Waals surface area (Å²) in [5.74, 6) is 1.39. The van der Waals surface area contributed by atoms with Crippen molar-refractivity contribution in [1.82, 2.24) is 0 Å². The van der Waals surface area contributed by atoms with Gasteiger partial charge in [-0.15, -0.1) is 0 Å². The van der Waals surface area contributed by atoms with Crippen molar-refractivity contribution in [2.24, 2.45) is 5.73 Å². The standard InChI is InChI=1S/C17H26ClNO2/c1-4-12-13(17(11-19)8-6-5-7-9-17)10-14(18)16(21-3)15(12)20-2/h10H,4-9,11,19H2,1-3H3. The van der Waals surface area contributed by atoms with Crippen LogP contribution in [0.1, 0.15) is 50.2 Å². The second-order valence-electron chi connectivity index (χ2n) is 5.85. The molecule has 1 saturated carbocycles. The summed E-state index contributed by atoms with van der Waals surface area (Å²) in [5, 5.41) is 0.611. The maximum absolute atomic E-state index is 6.43. The third-order valence-corrected chi connectivity index (χ3v) is 5.11. The van der Waals surface area contributed by atoms with Gasteiger partial charge in [-0.2, -0.15) is 0 Å². The second-order valence-corrected chi connectivity index (χ2v) is 6.26. The van der Waals surface area contributed by atoms with Gasteiger partial charge in [0, 0.05) is 17.5 Å². The Labute approximate surface area is 132 Å². The molecule has 3 nitrogen and oxygen atoms in total. The van der Waals surface area contributed by atoms with Crippen LogP contribution in [0.15, 0.2) is 6.07 Å². The summed E-state index contributed by atoms with van der Waals surface area (Å²) in [6.07, 6.45) is 6.89. The smallest absolute Gasteiger partial charge is 0.179 e. The zero-order valence-corrected chi connectivity index (χ0v) is 14.1. The quantitative estimate of drug-likeness (QED) is 0.891. The summed E-state index contributed by atoms with van der Waals surface area (Å²) < 4.78 is 11.0. The van der Waals surface area contributed by atoms with E-state index in [0.717, 1.165) is 25.0 Å². The summed E-state index contributed by atoms with van der Waals surface area (Å²) in [4.78, 5) is 0. The van der Waals surface area contributed by atoms with Crippen LogP contribution in [0.2, 0.25) is 5.02 Å². The van der Waals surface area contributed by atoms with Gasteiger partial charge in [-0.3, -0.25) is 0 Å². The predicted molar refractivity (Wildman–Crippen MR) is 87.8 cm³/mol. The van der Waals surface area contributed by atoms with Gasteiger partial charge in [0.25, 0.3) is 0 Å². The van der Waals surface area contributed by atoms with Crippen LogP contribution >= 0.6 is 11.6 Å². The third-order valence-electron chi connectivity index (χ3n) is 4.83. The molecule has 0 saturated heterocycles. The highest BCUT2D eigenvalue weighted by Crippen LogP contribution is 2.47. The Morgan fingerprint density at radius 3 is 2.24 bits per heavy atom. The molecule has 2 N–H and O–H groups in total. The van der Waals surface area contributed by atoms with E-state index in [0.29, 0.717) is 17.3 Å². The first-order valence-corrected chi connectivity index (χ1v) is 8.15. The molecule has 1 aromatic carbocycles. The minimum atomic E-state index is 0.0345. The molecule has 1 aliphatic rings. The van der Waals surface area contributed by atoms with Crippen molar-refractivity contribution in [3.8, 4) is 11.5 Å². The average molecular weight is 312 g/mol. The molecule has 0 heterocycles. The van der Waals surface area contributed by atoms with Crippen molar-refractivity contribution >= 4 is 11.6 Å². The molecule has 0 aromatic heterocycles. The first-order chi connectivity index (χ1) is 10.1. The molecule has 1 aromatic rings. The van der Waals surface area contributed by atoms with Crippen molar-refractivity contribution in [3.05, 3.63) is 22.2 Å². The van der Waals surface area contributed by atoms with E-state index in [1.165, 1.54) is 30.4 Å². The molecule has 4 heteroatoms. The lowest BCUT2D eigenvalue weighted by molar-refractivity contribution is 0.295. The van der Waals surface area contributed by atoms with E-state index in [1.54, 1.807) is 14.2 Å². The van der Waals surface area contributed by atoms with Crippen LogP contribution in [0, 0.1) is 0 Å². The Morgan fingerprint density at radius 2 is 1.76 bits per heavy atom. The zero-order valence-electron chi connectivity index (χ0n) is 13.3. The fourth-order valence-electron chi connectivity index (χ4n) is 3.69. The summed E-state index contributed by atoms with van der Waals surface area (Å²) in [7, 11) is 3.30. The fourth-order valence-corrected chi connectivity index (χ4v) is 3.96. The average Bonchev–Trinajstić information content (AvgIpc) is 2.54. The predicted octanol–water partition coefficient (Wildman–Crippen LogP) is 4.08. The monoisotopic (exact) mass is 311 g/mol. The topological polar surface area (TPSA) is 44.5 Å². The lowest BCUT2D eigenvalue weighted by Gasteiger charge is -2.39. The van der Waals surface area contributed by atoms with Gasteiger partial charge < -0.3 is 15.2 Å². The number of ether oxygens (including phenoxy) is 2. The van der Waals surface area contributed by atoms with Crippen molar-refractivity contribution in [1.29, 1.82) is 0 Å². The van der Waals surface area contributed by atoms with Crippen molar-refractivity contribution in [3.63, 3.8) is 0 Å². The Bertz CT molecular complexity index is 496. The van der Waals surface area contributed by atoms with Crippen LogP contribution in [-0.4, -0.2) is 20.8 Å². The molecule has 2 rings (SSSR count). The Hall–Kier alpha value is -0.930. The first-order valence-electron chi connectivity index (χ1n) is 7.77. The number of methoxy groups -OCH3 is 2. The molecule has 0 aliphatic heterocycles. The molecule has 0 atom stereocenters. The molecule has 1 aliphatic carbocycles. The summed E-state index contributed by atoms with van der Waals surface area (Å²) >= 11 is 6.43. The van der Waals surface area contributed by atoms with Gasteiger partial charge >= 0.3 is 0 Å². The minimum absolute atomic E-state index is 0.0345. The van der Waals surface area contributed by atoms with Crippen molar-refractivity contribution in [2.45, 2.75) is 50.9 Å². The Morgan fingerprint density at radius 1 is 1.14 bits per heavy atom. The normalized spacial score (nSPS) is 17.6. The van der Waals surface area contributed by atoms with Gasteiger partial charge in [-0.1, -0.05) is 37.8 Å². The maximum Gasteiger partial charge on any atom is 0.179 e. The van der Waals surface area contributed by atoms with Gasteiger partial charge in [0.2, 0.25) is 0 Å². The van der Waals surface area contributed by atoms with E-state index in [2.05, 4.69) is 13.0 Å². The molecule has 0 unspecified atom stereocenters. The lowest BCUT2D eigenvalue weighted by Crippen LogP contribution is -2.38. The zero-order chi connectivity index (χ0) is 15.5. The Balaban J connectivity index is 2.64. The summed E-state index contributed by atoms with van der Waals surface area (Å²) in [6.45, 7) is 2.80. The minimum Gasteiger partial charge on any atom is -0.493 e. The van der Waals surface area contributed by atoms with Crippen LogP contribution in [-0.2, 0) is 11.8 Å². The molecule has 0 spiro atoms. The van der Waals surface area contributed by atoms with E-state index in [4.69, 9.17) is 26.8 Å². The van der Waals surface area contributed by atoms with E-state index in [1.807, 2.05) is 0 Å². The van der Waals surface area contributed by atoms with Crippen molar-refractivity contribution in [2.75, 3.05) is 20.8 Å². The van der Waals surface area contributed by atoms with Crippen LogP contribution in [0.5, 0.6) is 11.5 Å². The number of halogens is 1. The number of hydrogen-bond donors (Lipinski definition) is 1. The van der Waals surface area contributed by atoms with E-state index < -0.39 is 0 Å². The van der Waals surface area contributed by atoms with E-state index in [9.17, 15) is 0 Å². The lowest BCUT2D eigenvalue weighted by atomic mass is 9.67. The van der Waals surface area contributed by atoms with E-state index >= 15 is 0 Å². The molecule has 21 heavy (non-hydrogen) atoms. The Kier molecular flexibility index (Phi) is 5.39. The second kappa shape index (κ2) is 6.89. The summed E-state index contributed by atoms with van der Waals surface area (Å²) in [6, 6.07) is 2.06. The van der Waals surface area contributed by atoms with Crippen LogP contribution in [0.3, 0.4) is 0 Å². The highest BCUT2D eigenvalue weighted by molar-refractivity contribution is 6.32. The van der Waals surface area contributed by atoms with Gasteiger partial charge in [-0.25, -0.2) is 0 Å². The third kappa shape index (κ3) is 2.86. The molecule has 1 fully saturated rings. The van der Waals surface area contributed by atoms with Crippen LogP contribution in [0.25, 0.3) is 0 Å². The van der Waals surface area contributed by atoms with Gasteiger partial charge in [0.05, 0.1) is 19.2 Å². The van der Waals surface area contributed by atoms with Gasteiger partial charge in [0.1, 0.15) is 0 Å². The highest BCUT2D eigenvalue weighted by atomic mass is 35.5. The van der Waals surface area contributed by atoms with Crippen LogP contribution < -0.4 is 15.2 Å². The molecular weight excluding hydrogens is 286 g/mol.